The average Bonchev–Trinajstić information content (AvgIpc) is 1.59. The summed E-state index contributed by atoms with van der Waals surface area (Å²) in [5.41, 5.74) is 0. The normalized spacial score (nSPS) is 12.1. The summed E-state index contributed by atoms with van der Waals surface area (Å²) >= 11 is 0. The van der Waals surface area contributed by atoms with Gasteiger partial charge in [-0.25, -0.2) is 8.42 Å². The van der Waals surface area contributed by atoms with Crippen LogP contribution >= 0.6 is 0 Å². The van der Waals surface area contributed by atoms with Gasteiger partial charge in [0.25, 0.3) is 0 Å². The third-order valence-electron chi connectivity index (χ3n) is 0.383. The van der Waals surface area contributed by atoms with Crippen molar-refractivity contribution in [2.45, 2.75) is 0 Å². The maximum atomic E-state index is 10.1. The first-order chi connectivity index (χ1) is 3.56. The van der Waals surface area contributed by atoms with Gasteiger partial charge in [-0.05, 0) is 0 Å². The zero-order valence-electron chi connectivity index (χ0n) is 4.29. The molecule has 0 fully saturated rings. The van der Waals surface area contributed by atoms with Crippen molar-refractivity contribution in [3.05, 3.63) is 11.5 Å². The van der Waals surface area contributed by atoms with E-state index in [9.17, 15) is 13.2 Å². The maximum Gasteiger partial charge on any atom is 0.226 e. The minimum atomic E-state index is -3.13. The zero-order chi connectivity index (χ0) is 6.62. The second kappa shape index (κ2) is 2.61. The van der Waals surface area contributed by atoms with Gasteiger partial charge in [-0.15, -0.1) is 0 Å². The summed E-state index contributed by atoms with van der Waals surface area (Å²) in [6, 6.07) is 0. The summed E-state index contributed by atoms with van der Waals surface area (Å²) in [4.78, 5) is 9.38. The molecule has 0 N–H and O–H groups in total. The van der Waals surface area contributed by atoms with Gasteiger partial charge in [0.05, 0.1) is 0 Å². The summed E-state index contributed by atoms with van der Waals surface area (Å²) in [5.74, 6) is 0. The largest absolute Gasteiger partial charge is 0.286 e. The van der Waals surface area contributed by atoms with E-state index in [-0.39, 0.29) is 0 Å². The molecule has 0 aromatic heterocycles. The van der Waals surface area contributed by atoms with E-state index in [0.717, 1.165) is 17.7 Å². The standard InChI is InChI=1S/C4H5O3S/c1-8(6,7)4-2-3-5/h2,4H,1H3. The molecule has 0 aliphatic heterocycles. The van der Waals surface area contributed by atoms with E-state index in [1.165, 1.54) is 6.29 Å². The van der Waals surface area contributed by atoms with Crippen LogP contribution in [0.4, 0.5) is 0 Å². The summed E-state index contributed by atoms with van der Waals surface area (Å²) in [6.07, 6.45) is 3.13. The highest BCUT2D eigenvalue weighted by Crippen LogP contribution is 1.81. The molecule has 4 heteroatoms. The Bertz CT molecular complexity index is 187. The molecule has 0 rings (SSSR count). The lowest BCUT2D eigenvalue weighted by Crippen LogP contribution is -1.87. The second-order valence-electron chi connectivity index (χ2n) is 1.25. The molecule has 0 atom stereocenters. The van der Waals surface area contributed by atoms with E-state index >= 15 is 0 Å². The number of carbonyl (C=O) groups excluding carboxylic acids is 1. The highest BCUT2D eigenvalue weighted by molar-refractivity contribution is 7.93. The zero-order valence-corrected chi connectivity index (χ0v) is 5.10. The van der Waals surface area contributed by atoms with Crippen molar-refractivity contribution in [2.24, 2.45) is 0 Å². The summed E-state index contributed by atoms with van der Waals surface area (Å²) < 4.78 is 20.2. The molecule has 0 unspecified atom stereocenters. The van der Waals surface area contributed by atoms with Crippen molar-refractivity contribution in [1.82, 2.24) is 0 Å². The summed E-state index contributed by atoms with van der Waals surface area (Å²) in [6.45, 7) is 0. The molecule has 0 saturated carbocycles. The number of hydrogen-bond donors (Lipinski definition) is 0. The van der Waals surface area contributed by atoms with E-state index < -0.39 is 9.84 Å². The number of allylic oxidation sites excluding steroid dienone is 1. The van der Waals surface area contributed by atoms with Crippen LogP contribution in [-0.2, 0) is 14.6 Å². The van der Waals surface area contributed by atoms with Crippen LogP contribution in [0.5, 0.6) is 0 Å². The molecule has 8 heavy (non-hydrogen) atoms. The Labute approximate surface area is 47.9 Å². The van der Waals surface area contributed by atoms with Crippen molar-refractivity contribution < 1.29 is 13.2 Å². The first-order valence-electron chi connectivity index (χ1n) is 1.80. The molecule has 0 saturated heterocycles. The third-order valence-corrected chi connectivity index (χ3v) is 1.01. The smallest absolute Gasteiger partial charge is 0.226 e. The molecule has 0 aliphatic rings. The number of rotatable bonds is 2. The van der Waals surface area contributed by atoms with Crippen LogP contribution in [-0.4, -0.2) is 21.0 Å². The Morgan fingerprint density at radius 1 is 1.50 bits per heavy atom. The first kappa shape index (κ1) is 7.36. The monoisotopic (exact) mass is 133 g/mol. The molecule has 0 aromatic rings. The van der Waals surface area contributed by atoms with E-state index in [1.54, 1.807) is 0 Å². The van der Waals surface area contributed by atoms with Gasteiger partial charge in [0.2, 0.25) is 6.29 Å². The Morgan fingerprint density at radius 3 is 2.12 bits per heavy atom. The third kappa shape index (κ3) is 5.36. The van der Waals surface area contributed by atoms with Gasteiger partial charge in [0.1, 0.15) is 0 Å². The Kier molecular flexibility index (Phi) is 2.41. The summed E-state index contributed by atoms with van der Waals surface area (Å²) in [7, 11) is -3.13. The number of sulfone groups is 1. The number of hydrogen-bond acceptors (Lipinski definition) is 3. The van der Waals surface area contributed by atoms with Gasteiger partial charge in [0, 0.05) is 17.7 Å². The van der Waals surface area contributed by atoms with E-state index in [1.807, 2.05) is 0 Å². The summed E-state index contributed by atoms with van der Waals surface area (Å²) in [5, 5.41) is 0.792. The molecule has 0 heterocycles. The lowest BCUT2D eigenvalue weighted by molar-refractivity contribution is 0.564. The molecule has 0 bridgehead atoms. The van der Waals surface area contributed by atoms with Gasteiger partial charge in [-0.2, -0.15) is 0 Å². The van der Waals surface area contributed by atoms with Crippen LogP contribution in [0.1, 0.15) is 0 Å². The minimum Gasteiger partial charge on any atom is -0.286 e. The van der Waals surface area contributed by atoms with E-state index in [0.29, 0.717) is 0 Å². The SMILES string of the molecule is CS(=O)(=O)C=C[C]=O. The van der Waals surface area contributed by atoms with Gasteiger partial charge in [0.15, 0.2) is 9.84 Å². The minimum absolute atomic E-state index is 0.792. The fourth-order valence-corrected chi connectivity index (χ4v) is 0.454. The van der Waals surface area contributed by atoms with Crippen molar-refractivity contribution in [2.75, 3.05) is 6.26 Å². The highest BCUT2D eigenvalue weighted by atomic mass is 32.2. The molecule has 45 valence electrons. The van der Waals surface area contributed by atoms with Crippen LogP contribution in [0.2, 0.25) is 0 Å². The van der Waals surface area contributed by atoms with Crippen LogP contribution in [0.25, 0.3) is 0 Å². The van der Waals surface area contributed by atoms with Crippen molar-refractivity contribution >= 4 is 16.1 Å². The second-order valence-corrected chi connectivity index (χ2v) is 3.18. The van der Waals surface area contributed by atoms with Crippen molar-refractivity contribution in [3.63, 3.8) is 0 Å². The van der Waals surface area contributed by atoms with Crippen LogP contribution in [0.3, 0.4) is 0 Å². The average molecular weight is 133 g/mol. The van der Waals surface area contributed by atoms with Crippen LogP contribution < -0.4 is 0 Å². The fourth-order valence-electron chi connectivity index (χ4n) is 0.151. The topological polar surface area (TPSA) is 51.2 Å². The van der Waals surface area contributed by atoms with E-state index in [4.69, 9.17) is 0 Å². The molecule has 1 radical (unpaired) electrons. The lowest BCUT2D eigenvalue weighted by atomic mass is 10.7. The molecule has 0 spiro atoms. The molecule has 0 aromatic carbocycles. The molecular weight excluding hydrogens is 128 g/mol. The highest BCUT2D eigenvalue weighted by Gasteiger charge is 1.89. The molecular formula is C4H5O3S. The van der Waals surface area contributed by atoms with Gasteiger partial charge in [-0.1, -0.05) is 0 Å². The Hall–Kier alpha value is -0.640. The molecule has 0 amide bonds. The van der Waals surface area contributed by atoms with Gasteiger partial charge >= 0.3 is 0 Å². The predicted octanol–water partition coefficient (Wildman–Crippen LogP) is -0.346. The quantitative estimate of drug-likeness (QED) is 0.484. The molecule has 0 aliphatic carbocycles. The van der Waals surface area contributed by atoms with Crippen LogP contribution in [0, 0.1) is 0 Å². The van der Waals surface area contributed by atoms with Gasteiger partial charge in [-0.3, -0.25) is 4.79 Å². The van der Waals surface area contributed by atoms with Crippen LogP contribution in [0.15, 0.2) is 11.5 Å². The first-order valence-corrected chi connectivity index (χ1v) is 3.76. The molecule has 3 nitrogen and oxygen atoms in total. The van der Waals surface area contributed by atoms with Crippen molar-refractivity contribution in [3.8, 4) is 0 Å². The maximum absolute atomic E-state index is 10.1. The van der Waals surface area contributed by atoms with Crippen molar-refractivity contribution in [1.29, 1.82) is 0 Å². The Balaban J connectivity index is 4.12. The van der Waals surface area contributed by atoms with E-state index in [2.05, 4.69) is 0 Å². The Morgan fingerprint density at radius 2 is 2.00 bits per heavy atom. The van der Waals surface area contributed by atoms with Gasteiger partial charge < -0.3 is 0 Å². The fraction of sp³-hybridized carbons (Fsp3) is 0.250. The lowest BCUT2D eigenvalue weighted by Gasteiger charge is -1.76. The predicted molar refractivity (Wildman–Crippen MR) is 29.7 cm³/mol.